The molecule has 4 nitrogen and oxygen atoms in total. The van der Waals surface area contributed by atoms with Crippen LogP contribution in [0.5, 0.6) is 0 Å². The van der Waals surface area contributed by atoms with Crippen molar-refractivity contribution < 1.29 is 17.2 Å². The lowest BCUT2D eigenvalue weighted by Crippen LogP contribution is -2.40. The van der Waals surface area contributed by atoms with Crippen LogP contribution >= 0.6 is 12.4 Å². The van der Waals surface area contributed by atoms with Gasteiger partial charge in [0.15, 0.2) is 0 Å². The first kappa shape index (κ1) is 17.3. The summed E-state index contributed by atoms with van der Waals surface area (Å²) in [5, 5.41) is 0. The number of nitrogens with two attached hydrogens (primary N) is 1. The first-order valence-electron chi connectivity index (χ1n) is 6.11. The molecule has 1 aromatic rings. The van der Waals surface area contributed by atoms with E-state index in [-0.39, 0.29) is 24.5 Å². The number of nitrogens with one attached hydrogen (secondary N) is 1. The molecule has 0 unspecified atom stereocenters. The van der Waals surface area contributed by atoms with E-state index in [4.69, 9.17) is 5.73 Å². The molecule has 0 heterocycles. The van der Waals surface area contributed by atoms with Crippen LogP contribution in [0.15, 0.2) is 23.1 Å². The molecule has 0 atom stereocenters. The largest absolute Gasteiger partial charge is 0.328 e. The molecule has 0 radical (unpaired) electrons. The van der Waals surface area contributed by atoms with Crippen molar-refractivity contribution in [1.29, 1.82) is 0 Å². The summed E-state index contributed by atoms with van der Waals surface area (Å²) in [5.74, 6) is -1.89. The Kier molecular flexibility index (Phi) is 5.88. The van der Waals surface area contributed by atoms with Gasteiger partial charge >= 0.3 is 0 Å². The Morgan fingerprint density at radius 3 is 2.30 bits per heavy atom. The number of halogens is 3. The van der Waals surface area contributed by atoms with Crippen molar-refractivity contribution in [2.24, 2.45) is 5.73 Å². The van der Waals surface area contributed by atoms with Crippen LogP contribution in [0.3, 0.4) is 0 Å². The van der Waals surface area contributed by atoms with Crippen LogP contribution in [-0.4, -0.2) is 20.5 Å². The van der Waals surface area contributed by atoms with Gasteiger partial charge in [0, 0.05) is 18.2 Å². The van der Waals surface area contributed by atoms with E-state index in [1.807, 2.05) is 0 Å². The minimum atomic E-state index is -3.96. The lowest BCUT2D eigenvalue weighted by molar-refractivity contribution is 0.373. The van der Waals surface area contributed by atoms with Crippen LogP contribution in [0.4, 0.5) is 8.78 Å². The highest BCUT2D eigenvalue weighted by Gasteiger charge is 2.26. The van der Waals surface area contributed by atoms with E-state index in [2.05, 4.69) is 4.72 Å². The first-order valence-corrected chi connectivity index (χ1v) is 7.60. The molecule has 0 aliphatic heterocycles. The zero-order chi connectivity index (χ0) is 14.0. The second-order valence-electron chi connectivity index (χ2n) is 4.81. The number of hydrogen-bond acceptors (Lipinski definition) is 3. The molecule has 8 heteroatoms. The lowest BCUT2D eigenvalue weighted by Gasteiger charge is -2.26. The molecule has 0 bridgehead atoms. The molecule has 3 N–H and O–H groups in total. The first-order chi connectivity index (χ1) is 8.88. The monoisotopic (exact) mass is 326 g/mol. The second-order valence-corrected chi connectivity index (χ2v) is 6.49. The predicted molar refractivity (Wildman–Crippen MR) is 74.2 cm³/mol. The fraction of sp³-hybridized carbons (Fsp3) is 0.500. The highest BCUT2D eigenvalue weighted by molar-refractivity contribution is 7.89. The van der Waals surface area contributed by atoms with Gasteiger partial charge in [-0.3, -0.25) is 0 Å². The topological polar surface area (TPSA) is 72.2 Å². The van der Waals surface area contributed by atoms with Crippen molar-refractivity contribution in [2.45, 2.75) is 42.7 Å². The minimum absolute atomic E-state index is 0. The molecule has 1 aromatic carbocycles. The van der Waals surface area contributed by atoms with Gasteiger partial charge in [-0.2, -0.15) is 0 Å². The molecule has 114 valence electrons. The Bertz CT molecular complexity index is 561. The van der Waals surface area contributed by atoms with Crippen LogP contribution in [0.1, 0.15) is 25.7 Å². The second kappa shape index (κ2) is 6.80. The van der Waals surface area contributed by atoms with Crippen molar-refractivity contribution in [3.8, 4) is 0 Å². The zero-order valence-corrected chi connectivity index (χ0v) is 12.3. The molecule has 1 saturated carbocycles. The molecular weight excluding hydrogens is 310 g/mol. The number of hydrogen-bond donors (Lipinski definition) is 2. The smallest absolute Gasteiger partial charge is 0.243 e. The lowest BCUT2D eigenvalue weighted by atomic mass is 9.93. The van der Waals surface area contributed by atoms with Crippen molar-refractivity contribution in [2.75, 3.05) is 0 Å². The van der Waals surface area contributed by atoms with E-state index in [1.54, 1.807) is 0 Å². The van der Waals surface area contributed by atoms with Crippen LogP contribution in [-0.2, 0) is 10.0 Å². The van der Waals surface area contributed by atoms with Crippen molar-refractivity contribution in [3.05, 3.63) is 29.8 Å². The number of rotatable bonds is 3. The summed E-state index contributed by atoms with van der Waals surface area (Å²) >= 11 is 0. The Morgan fingerprint density at radius 2 is 1.75 bits per heavy atom. The summed E-state index contributed by atoms with van der Waals surface area (Å²) in [6, 6.07) is 2.28. The summed E-state index contributed by atoms with van der Waals surface area (Å²) in [5.41, 5.74) is 5.73. The fourth-order valence-electron chi connectivity index (χ4n) is 2.21. The van der Waals surface area contributed by atoms with Gasteiger partial charge in [-0.25, -0.2) is 21.9 Å². The average molecular weight is 327 g/mol. The Balaban J connectivity index is 0.00000200. The van der Waals surface area contributed by atoms with E-state index in [1.165, 1.54) is 0 Å². The normalized spacial score (nSPS) is 23.1. The van der Waals surface area contributed by atoms with Crippen LogP contribution < -0.4 is 10.5 Å². The Hall–Kier alpha value is -0.760. The van der Waals surface area contributed by atoms with E-state index >= 15 is 0 Å². The maximum atomic E-state index is 13.5. The van der Waals surface area contributed by atoms with Gasteiger partial charge in [-0.1, -0.05) is 0 Å². The van der Waals surface area contributed by atoms with Gasteiger partial charge < -0.3 is 5.73 Å². The molecule has 20 heavy (non-hydrogen) atoms. The van der Waals surface area contributed by atoms with Crippen LogP contribution in [0, 0.1) is 11.6 Å². The molecule has 1 aliphatic carbocycles. The summed E-state index contributed by atoms with van der Waals surface area (Å²) in [6.07, 6.45) is 2.73. The molecule has 0 amide bonds. The minimum Gasteiger partial charge on any atom is -0.328 e. The summed E-state index contributed by atoms with van der Waals surface area (Å²) in [6.45, 7) is 0. The highest BCUT2D eigenvalue weighted by Crippen LogP contribution is 2.21. The van der Waals surface area contributed by atoms with Gasteiger partial charge in [0.2, 0.25) is 10.0 Å². The molecule has 0 saturated heterocycles. The molecular formula is C12H17ClF2N2O2S. The van der Waals surface area contributed by atoms with Crippen molar-refractivity contribution >= 4 is 22.4 Å². The van der Waals surface area contributed by atoms with Gasteiger partial charge in [-0.05, 0) is 37.8 Å². The third kappa shape index (κ3) is 4.12. The summed E-state index contributed by atoms with van der Waals surface area (Å²) in [4.78, 5) is -0.524. The fourth-order valence-corrected chi connectivity index (χ4v) is 3.58. The quantitative estimate of drug-likeness (QED) is 0.891. The zero-order valence-electron chi connectivity index (χ0n) is 10.7. The SMILES string of the molecule is Cl.NC1CCC(NS(=O)(=O)c2ccc(F)cc2F)CC1. The van der Waals surface area contributed by atoms with Gasteiger partial charge in [0.1, 0.15) is 16.5 Å². The van der Waals surface area contributed by atoms with Crippen LogP contribution in [0.25, 0.3) is 0 Å². The van der Waals surface area contributed by atoms with E-state index in [0.717, 1.165) is 25.0 Å². The van der Waals surface area contributed by atoms with Gasteiger partial charge in [0.25, 0.3) is 0 Å². The van der Waals surface area contributed by atoms with Crippen LogP contribution in [0.2, 0.25) is 0 Å². The van der Waals surface area contributed by atoms with Crippen molar-refractivity contribution in [3.63, 3.8) is 0 Å². The van der Waals surface area contributed by atoms with E-state index < -0.39 is 26.6 Å². The van der Waals surface area contributed by atoms with E-state index in [9.17, 15) is 17.2 Å². The molecule has 1 aliphatic rings. The molecule has 0 aromatic heterocycles. The molecule has 1 fully saturated rings. The highest BCUT2D eigenvalue weighted by atomic mass is 35.5. The van der Waals surface area contributed by atoms with Crippen molar-refractivity contribution in [1.82, 2.24) is 4.72 Å². The number of sulfonamides is 1. The number of benzene rings is 1. The summed E-state index contributed by atoms with van der Waals surface area (Å²) < 4.78 is 52.7. The van der Waals surface area contributed by atoms with Gasteiger partial charge in [0.05, 0.1) is 0 Å². The maximum absolute atomic E-state index is 13.5. The maximum Gasteiger partial charge on any atom is 0.243 e. The summed E-state index contributed by atoms with van der Waals surface area (Å²) in [7, 11) is -3.96. The molecule has 2 rings (SSSR count). The Labute approximate surface area is 123 Å². The molecule has 0 spiro atoms. The Morgan fingerprint density at radius 1 is 1.15 bits per heavy atom. The standard InChI is InChI=1S/C12H16F2N2O2S.ClH/c13-8-1-6-12(11(14)7-8)19(17,18)16-10-4-2-9(15)3-5-10;/h1,6-7,9-10,16H,2-5,15H2;1H. The van der Waals surface area contributed by atoms with E-state index in [0.29, 0.717) is 18.9 Å². The predicted octanol–water partition coefficient (Wildman–Crippen LogP) is 1.93. The third-order valence-electron chi connectivity index (χ3n) is 3.28. The average Bonchev–Trinajstić information content (AvgIpc) is 2.31. The third-order valence-corrected chi connectivity index (χ3v) is 4.83. The van der Waals surface area contributed by atoms with Gasteiger partial charge in [-0.15, -0.1) is 12.4 Å².